The summed E-state index contributed by atoms with van der Waals surface area (Å²) < 4.78 is 11.8. The Morgan fingerprint density at radius 1 is 1.50 bits per heavy atom. The maximum absolute atomic E-state index is 12.5. The van der Waals surface area contributed by atoms with E-state index in [-0.39, 0.29) is 18.2 Å². The van der Waals surface area contributed by atoms with Crippen LogP contribution in [0, 0.1) is 0 Å². The summed E-state index contributed by atoms with van der Waals surface area (Å²) in [6.07, 6.45) is -0.511. The van der Waals surface area contributed by atoms with Crippen molar-refractivity contribution in [1.29, 1.82) is 0 Å². The first kappa shape index (κ1) is 17.5. The van der Waals surface area contributed by atoms with E-state index in [0.29, 0.717) is 22.9 Å². The Labute approximate surface area is 144 Å². The lowest BCUT2D eigenvalue weighted by Crippen LogP contribution is -2.48. The molecule has 2 heterocycles. The molecule has 1 fully saturated rings. The summed E-state index contributed by atoms with van der Waals surface area (Å²) in [5, 5.41) is 0.367. The van der Waals surface area contributed by atoms with Gasteiger partial charge in [0, 0.05) is 6.54 Å². The molecular formula is C15H20BrClN2O3. The number of amides is 1. The molecule has 0 unspecified atom stereocenters. The van der Waals surface area contributed by atoms with Gasteiger partial charge < -0.3 is 9.47 Å². The molecule has 5 nitrogen and oxygen atoms in total. The standard InChI is InChI=1S/C15H20BrClN2O3/c1-9-13(10-7-11(16)18-12(17)8-10)19(5-6-21-9)14(20)22-15(2,3)4/h7-9,13H,5-6H2,1-4H3/t9-,13-/m0/s1. The van der Waals surface area contributed by atoms with Crippen molar-refractivity contribution in [3.05, 3.63) is 27.5 Å². The molecule has 22 heavy (non-hydrogen) atoms. The van der Waals surface area contributed by atoms with Crippen LogP contribution in [0.15, 0.2) is 16.7 Å². The molecule has 1 amide bonds. The van der Waals surface area contributed by atoms with E-state index in [1.807, 2.05) is 33.8 Å². The molecule has 0 spiro atoms. The third-order valence-corrected chi connectivity index (χ3v) is 3.85. The normalized spacial score (nSPS) is 22.5. The zero-order valence-corrected chi connectivity index (χ0v) is 15.4. The highest BCUT2D eigenvalue weighted by molar-refractivity contribution is 9.10. The minimum absolute atomic E-state index is 0.161. The van der Waals surface area contributed by atoms with Crippen LogP contribution in [0.5, 0.6) is 0 Å². The van der Waals surface area contributed by atoms with E-state index >= 15 is 0 Å². The molecule has 2 atom stereocenters. The van der Waals surface area contributed by atoms with Gasteiger partial charge in [-0.1, -0.05) is 11.6 Å². The third kappa shape index (κ3) is 4.33. The lowest BCUT2D eigenvalue weighted by atomic mass is 10.0. The van der Waals surface area contributed by atoms with Crippen LogP contribution < -0.4 is 0 Å². The Hall–Kier alpha value is -0.850. The van der Waals surface area contributed by atoms with Crippen LogP contribution >= 0.6 is 27.5 Å². The number of morpholine rings is 1. The number of halogens is 2. The van der Waals surface area contributed by atoms with E-state index in [0.717, 1.165) is 5.56 Å². The number of hydrogen-bond acceptors (Lipinski definition) is 4. The molecule has 1 aromatic heterocycles. The second-order valence-corrected chi connectivity index (χ2v) is 7.44. The Balaban J connectivity index is 2.32. The predicted octanol–water partition coefficient (Wildman–Crippen LogP) is 4.19. The van der Waals surface area contributed by atoms with Crippen molar-refractivity contribution in [3.63, 3.8) is 0 Å². The average Bonchev–Trinajstić information content (AvgIpc) is 2.34. The number of rotatable bonds is 1. The molecule has 0 N–H and O–H groups in total. The number of carbonyl (C=O) groups is 1. The number of nitrogens with zero attached hydrogens (tertiary/aromatic N) is 2. The zero-order valence-electron chi connectivity index (χ0n) is 13.1. The summed E-state index contributed by atoms with van der Waals surface area (Å²) in [5.74, 6) is 0. The van der Waals surface area contributed by atoms with E-state index in [9.17, 15) is 4.79 Å². The minimum atomic E-state index is -0.542. The second-order valence-electron chi connectivity index (χ2n) is 6.24. The van der Waals surface area contributed by atoms with Crippen molar-refractivity contribution in [2.45, 2.75) is 45.4 Å². The van der Waals surface area contributed by atoms with Gasteiger partial charge in [-0.25, -0.2) is 9.78 Å². The maximum Gasteiger partial charge on any atom is 0.410 e. The van der Waals surface area contributed by atoms with Crippen LogP contribution in [0.25, 0.3) is 0 Å². The van der Waals surface area contributed by atoms with Crippen molar-refractivity contribution in [2.75, 3.05) is 13.2 Å². The molecule has 1 aliphatic heterocycles. The summed E-state index contributed by atoms with van der Waals surface area (Å²) >= 11 is 9.37. The average molecular weight is 392 g/mol. The van der Waals surface area contributed by atoms with E-state index in [2.05, 4.69) is 20.9 Å². The van der Waals surface area contributed by atoms with Crippen LogP contribution in [0.2, 0.25) is 5.15 Å². The summed E-state index contributed by atoms with van der Waals surface area (Å²) in [4.78, 5) is 18.3. The third-order valence-electron chi connectivity index (χ3n) is 3.25. The molecule has 122 valence electrons. The van der Waals surface area contributed by atoms with Crippen molar-refractivity contribution in [1.82, 2.24) is 9.88 Å². The lowest BCUT2D eigenvalue weighted by molar-refractivity contribution is -0.0699. The molecule has 0 saturated carbocycles. The smallest absolute Gasteiger partial charge is 0.410 e. The van der Waals surface area contributed by atoms with Crippen LogP contribution in [0.1, 0.15) is 39.3 Å². The quantitative estimate of drug-likeness (QED) is 0.673. The SMILES string of the molecule is C[C@@H]1OCCN(C(=O)OC(C)(C)C)[C@@H]1c1cc(Cl)nc(Br)c1. The fraction of sp³-hybridized carbons (Fsp3) is 0.600. The van der Waals surface area contributed by atoms with E-state index in [1.54, 1.807) is 11.0 Å². The van der Waals surface area contributed by atoms with Gasteiger partial charge >= 0.3 is 6.09 Å². The zero-order chi connectivity index (χ0) is 16.5. The Morgan fingerprint density at radius 2 is 2.18 bits per heavy atom. The van der Waals surface area contributed by atoms with E-state index in [1.165, 1.54) is 0 Å². The molecule has 7 heteroatoms. The second kappa shape index (κ2) is 6.72. The van der Waals surface area contributed by atoms with Gasteiger partial charge in [0.1, 0.15) is 15.4 Å². The summed E-state index contributed by atoms with van der Waals surface area (Å²) in [6, 6.07) is 3.33. The molecule has 0 bridgehead atoms. The summed E-state index contributed by atoms with van der Waals surface area (Å²) in [5.41, 5.74) is 0.324. The molecule has 1 aromatic rings. The van der Waals surface area contributed by atoms with Crippen molar-refractivity contribution >= 4 is 33.6 Å². The van der Waals surface area contributed by atoms with Gasteiger partial charge in [0.25, 0.3) is 0 Å². The van der Waals surface area contributed by atoms with Crippen LogP contribution in [-0.2, 0) is 9.47 Å². The number of hydrogen-bond donors (Lipinski definition) is 0. The maximum atomic E-state index is 12.5. The van der Waals surface area contributed by atoms with Gasteiger partial charge in [0.2, 0.25) is 0 Å². The molecule has 0 aliphatic carbocycles. The van der Waals surface area contributed by atoms with Crippen LogP contribution in [0.3, 0.4) is 0 Å². The first-order valence-electron chi connectivity index (χ1n) is 7.11. The van der Waals surface area contributed by atoms with Gasteiger partial charge in [-0.05, 0) is 61.3 Å². The molecule has 1 aliphatic rings. The predicted molar refractivity (Wildman–Crippen MR) is 88.0 cm³/mol. The highest BCUT2D eigenvalue weighted by Gasteiger charge is 2.36. The molecular weight excluding hydrogens is 372 g/mol. The molecule has 1 saturated heterocycles. The first-order chi connectivity index (χ1) is 10.2. The highest BCUT2D eigenvalue weighted by Crippen LogP contribution is 2.33. The summed E-state index contributed by atoms with van der Waals surface area (Å²) in [7, 11) is 0. The topological polar surface area (TPSA) is 51.7 Å². The van der Waals surface area contributed by atoms with Gasteiger partial charge in [-0.15, -0.1) is 0 Å². The van der Waals surface area contributed by atoms with Gasteiger partial charge in [0.05, 0.1) is 18.8 Å². The Bertz CT molecular complexity index is 542. The fourth-order valence-corrected chi connectivity index (χ4v) is 3.23. The number of ether oxygens (including phenoxy) is 2. The first-order valence-corrected chi connectivity index (χ1v) is 8.28. The summed E-state index contributed by atoms with van der Waals surface area (Å²) in [6.45, 7) is 8.44. The Morgan fingerprint density at radius 3 is 2.77 bits per heavy atom. The number of aromatic nitrogens is 1. The molecule has 0 radical (unpaired) electrons. The van der Waals surface area contributed by atoms with Gasteiger partial charge in [-0.3, -0.25) is 4.90 Å². The molecule has 0 aromatic carbocycles. The van der Waals surface area contributed by atoms with E-state index in [4.69, 9.17) is 21.1 Å². The minimum Gasteiger partial charge on any atom is -0.444 e. The fourth-order valence-electron chi connectivity index (χ4n) is 2.45. The monoisotopic (exact) mass is 390 g/mol. The van der Waals surface area contributed by atoms with Crippen LogP contribution in [-0.4, -0.2) is 40.8 Å². The van der Waals surface area contributed by atoms with Crippen molar-refractivity contribution in [3.8, 4) is 0 Å². The van der Waals surface area contributed by atoms with Gasteiger partial charge in [0.15, 0.2) is 0 Å². The highest BCUT2D eigenvalue weighted by atomic mass is 79.9. The Kier molecular flexibility index (Phi) is 5.35. The van der Waals surface area contributed by atoms with Crippen molar-refractivity contribution < 1.29 is 14.3 Å². The van der Waals surface area contributed by atoms with Gasteiger partial charge in [-0.2, -0.15) is 0 Å². The van der Waals surface area contributed by atoms with E-state index < -0.39 is 5.60 Å². The van der Waals surface area contributed by atoms with Crippen molar-refractivity contribution in [2.24, 2.45) is 0 Å². The van der Waals surface area contributed by atoms with Crippen LogP contribution in [0.4, 0.5) is 4.79 Å². The molecule has 2 rings (SSSR count). The number of pyridine rings is 1. The lowest BCUT2D eigenvalue weighted by Gasteiger charge is -2.40. The number of carbonyl (C=O) groups excluding carboxylic acids is 1. The largest absolute Gasteiger partial charge is 0.444 e.